The molecule has 0 saturated carbocycles. The number of ether oxygens (including phenoxy) is 1. The normalized spacial score (nSPS) is 10.5. The minimum atomic E-state index is -0.0286. The smallest absolute Gasteiger partial charge is 0.127 e. The summed E-state index contributed by atoms with van der Waals surface area (Å²) < 4.78 is 7.52. The zero-order chi connectivity index (χ0) is 14.0. The van der Waals surface area contributed by atoms with E-state index in [1.54, 1.807) is 0 Å². The maximum atomic E-state index is 9.37. The predicted molar refractivity (Wildman–Crippen MR) is 80.7 cm³/mol. The Kier molecular flexibility index (Phi) is 4.37. The largest absolute Gasteiger partial charge is 0.508 e. The molecular weight excluding hydrogens is 376 g/mol. The van der Waals surface area contributed by atoms with Gasteiger partial charge in [-0.3, -0.25) is 0 Å². The first-order chi connectivity index (χ1) is 8.95. The number of halogens is 2. The topological polar surface area (TPSA) is 49.7 Å². The average molecular weight is 388 g/mol. The van der Waals surface area contributed by atoms with E-state index in [1.807, 2.05) is 19.1 Å². The molecule has 0 aromatic heterocycles. The van der Waals surface area contributed by atoms with Crippen molar-refractivity contribution >= 4 is 31.9 Å². The molecule has 0 radical (unpaired) electrons. The van der Waals surface area contributed by atoms with Gasteiger partial charge < -0.3 is 14.9 Å². The van der Waals surface area contributed by atoms with Crippen LogP contribution in [0.2, 0.25) is 0 Å². The Balaban J connectivity index is 2.16. The van der Waals surface area contributed by atoms with Gasteiger partial charge in [-0.05, 0) is 24.6 Å². The van der Waals surface area contributed by atoms with Crippen LogP contribution >= 0.6 is 31.9 Å². The van der Waals surface area contributed by atoms with Crippen molar-refractivity contribution in [1.29, 1.82) is 0 Å². The van der Waals surface area contributed by atoms with E-state index in [2.05, 4.69) is 31.9 Å². The van der Waals surface area contributed by atoms with Gasteiger partial charge in [0.15, 0.2) is 0 Å². The summed E-state index contributed by atoms with van der Waals surface area (Å²) in [5.41, 5.74) is 2.10. The van der Waals surface area contributed by atoms with Crippen LogP contribution in [0.25, 0.3) is 0 Å². The van der Waals surface area contributed by atoms with Crippen molar-refractivity contribution in [2.24, 2.45) is 0 Å². The molecule has 0 amide bonds. The van der Waals surface area contributed by atoms with Crippen molar-refractivity contribution in [3.63, 3.8) is 0 Å². The minimum absolute atomic E-state index is 0.0286. The van der Waals surface area contributed by atoms with Gasteiger partial charge in [-0.1, -0.05) is 31.9 Å². The quantitative estimate of drug-likeness (QED) is 0.814. The van der Waals surface area contributed by atoms with Crippen LogP contribution in [-0.2, 0) is 6.61 Å². The van der Waals surface area contributed by atoms with Gasteiger partial charge in [-0.25, -0.2) is 0 Å². The molecular formula is C14H12Br2O3. The van der Waals surface area contributed by atoms with Crippen molar-refractivity contribution in [3.8, 4) is 17.2 Å². The van der Waals surface area contributed by atoms with Gasteiger partial charge in [0.25, 0.3) is 0 Å². The Morgan fingerprint density at radius 3 is 2.21 bits per heavy atom. The molecule has 0 spiro atoms. The Bertz CT molecular complexity index is 592. The molecule has 0 aliphatic carbocycles. The number of phenols is 2. The van der Waals surface area contributed by atoms with Crippen molar-refractivity contribution in [1.82, 2.24) is 0 Å². The summed E-state index contributed by atoms with van der Waals surface area (Å²) >= 11 is 6.96. The summed E-state index contributed by atoms with van der Waals surface area (Å²) in [5, 5.41) is 18.7. The number of aryl methyl sites for hydroxylation is 1. The Hall–Kier alpha value is -1.20. The zero-order valence-corrected chi connectivity index (χ0v) is 13.3. The van der Waals surface area contributed by atoms with Gasteiger partial charge in [0, 0.05) is 32.7 Å². The fourth-order valence-electron chi connectivity index (χ4n) is 1.61. The second kappa shape index (κ2) is 5.84. The zero-order valence-electron chi connectivity index (χ0n) is 10.2. The fraction of sp³-hybridized carbons (Fsp3) is 0.143. The van der Waals surface area contributed by atoms with Gasteiger partial charge >= 0.3 is 0 Å². The van der Waals surface area contributed by atoms with E-state index in [0.717, 1.165) is 20.1 Å². The molecule has 0 unspecified atom stereocenters. The number of benzene rings is 2. The van der Waals surface area contributed by atoms with Crippen molar-refractivity contribution in [3.05, 3.63) is 50.4 Å². The highest BCUT2D eigenvalue weighted by Crippen LogP contribution is 2.29. The molecule has 2 N–H and O–H groups in total. The van der Waals surface area contributed by atoms with E-state index >= 15 is 0 Å². The van der Waals surface area contributed by atoms with Crippen LogP contribution in [-0.4, -0.2) is 10.2 Å². The van der Waals surface area contributed by atoms with E-state index in [9.17, 15) is 10.2 Å². The van der Waals surface area contributed by atoms with Crippen LogP contribution in [0.1, 0.15) is 11.1 Å². The molecule has 0 aliphatic rings. The number of hydrogen-bond acceptors (Lipinski definition) is 3. The third kappa shape index (κ3) is 3.64. The lowest BCUT2D eigenvalue weighted by atomic mass is 10.2. The van der Waals surface area contributed by atoms with Crippen LogP contribution < -0.4 is 4.74 Å². The van der Waals surface area contributed by atoms with E-state index < -0.39 is 0 Å². The Morgan fingerprint density at radius 2 is 1.58 bits per heavy atom. The average Bonchev–Trinajstić information content (AvgIpc) is 2.31. The van der Waals surface area contributed by atoms with Gasteiger partial charge in [0.2, 0.25) is 0 Å². The van der Waals surface area contributed by atoms with E-state index in [-0.39, 0.29) is 11.5 Å². The maximum Gasteiger partial charge on any atom is 0.127 e. The Labute approximate surface area is 128 Å². The third-order valence-corrected chi connectivity index (χ3v) is 4.19. The first-order valence-corrected chi connectivity index (χ1v) is 7.14. The molecule has 100 valence electrons. The standard InChI is InChI=1S/C14H12Br2O3/c1-8-2-14(16)9(3-13(8)15)7-19-12-5-10(17)4-11(18)6-12/h2-6,17-18H,7H2,1H3. The molecule has 3 nitrogen and oxygen atoms in total. The van der Waals surface area contributed by atoms with Crippen LogP contribution in [0.4, 0.5) is 0 Å². The van der Waals surface area contributed by atoms with E-state index in [0.29, 0.717) is 12.4 Å². The predicted octanol–water partition coefficient (Wildman–Crippen LogP) is 4.51. The molecule has 0 atom stereocenters. The van der Waals surface area contributed by atoms with Crippen LogP contribution in [0, 0.1) is 6.92 Å². The molecule has 0 aliphatic heterocycles. The van der Waals surface area contributed by atoms with Crippen molar-refractivity contribution in [2.45, 2.75) is 13.5 Å². The van der Waals surface area contributed by atoms with Gasteiger partial charge in [0.05, 0.1) is 0 Å². The molecule has 2 aromatic rings. The Morgan fingerprint density at radius 1 is 0.947 bits per heavy atom. The van der Waals surface area contributed by atoms with Crippen LogP contribution in [0.3, 0.4) is 0 Å². The first-order valence-electron chi connectivity index (χ1n) is 5.56. The molecule has 2 aromatic carbocycles. The number of aromatic hydroxyl groups is 2. The minimum Gasteiger partial charge on any atom is -0.508 e. The van der Waals surface area contributed by atoms with Crippen molar-refractivity contribution < 1.29 is 14.9 Å². The van der Waals surface area contributed by atoms with E-state index in [4.69, 9.17) is 4.74 Å². The van der Waals surface area contributed by atoms with Crippen LogP contribution in [0.5, 0.6) is 17.2 Å². The number of hydrogen-bond donors (Lipinski definition) is 2. The molecule has 5 heteroatoms. The summed E-state index contributed by atoms with van der Waals surface area (Å²) in [6.45, 7) is 2.34. The highest BCUT2D eigenvalue weighted by molar-refractivity contribution is 9.11. The second-order valence-corrected chi connectivity index (χ2v) is 5.88. The SMILES string of the molecule is Cc1cc(Br)c(COc2cc(O)cc(O)c2)cc1Br. The van der Waals surface area contributed by atoms with Crippen molar-refractivity contribution in [2.75, 3.05) is 0 Å². The van der Waals surface area contributed by atoms with Gasteiger partial charge in [-0.15, -0.1) is 0 Å². The molecule has 0 saturated heterocycles. The van der Waals surface area contributed by atoms with Gasteiger partial charge in [-0.2, -0.15) is 0 Å². The lowest BCUT2D eigenvalue weighted by Gasteiger charge is -2.10. The number of rotatable bonds is 3. The lowest BCUT2D eigenvalue weighted by molar-refractivity contribution is 0.301. The summed E-state index contributed by atoms with van der Waals surface area (Å²) in [4.78, 5) is 0. The summed E-state index contributed by atoms with van der Waals surface area (Å²) in [6.07, 6.45) is 0. The first kappa shape index (κ1) is 14.2. The number of phenolic OH excluding ortho intramolecular Hbond substituents is 2. The summed E-state index contributed by atoms with van der Waals surface area (Å²) in [6, 6.07) is 8.14. The van der Waals surface area contributed by atoms with Crippen LogP contribution in [0.15, 0.2) is 39.3 Å². The monoisotopic (exact) mass is 386 g/mol. The molecule has 0 heterocycles. The summed E-state index contributed by atoms with van der Waals surface area (Å²) in [7, 11) is 0. The van der Waals surface area contributed by atoms with Gasteiger partial charge in [0.1, 0.15) is 23.9 Å². The second-order valence-electron chi connectivity index (χ2n) is 4.17. The summed E-state index contributed by atoms with van der Waals surface area (Å²) in [5.74, 6) is 0.361. The fourth-order valence-corrected chi connectivity index (χ4v) is 2.57. The highest BCUT2D eigenvalue weighted by Gasteiger charge is 2.06. The maximum absolute atomic E-state index is 9.37. The molecule has 0 fully saturated rings. The van der Waals surface area contributed by atoms with E-state index in [1.165, 1.54) is 18.2 Å². The highest BCUT2D eigenvalue weighted by atomic mass is 79.9. The lowest BCUT2D eigenvalue weighted by Crippen LogP contribution is -1.97. The molecule has 2 rings (SSSR count). The molecule has 19 heavy (non-hydrogen) atoms. The third-order valence-electron chi connectivity index (χ3n) is 2.60. The molecule has 0 bridgehead atoms.